The van der Waals surface area contributed by atoms with E-state index in [0.717, 1.165) is 70.6 Å². The Labute approximate surface area is 348 Å². The highest BCUT2D eigenvalue weighted by Crippen LogP contribution is 2.43. The second-order valence-electron chi connectivity index (χ2n) is 15.5. The van der Waals surface area contributed by atoms with Crippen LogP contribution in [0.1, 0.15) is 162 Å². The molecule has 1 saturated carbocycles. The minimum Gasteiger partial charge on any atom is -0.462 e. The summed E-state index contributed by atoms with van der Waals surface area (Å²) >= 11 is 0. The van der Waals surface area contributed by atoms with Crippen molar-refractivity contribution < 1.29 is 62.8 Å². The molecule has 0 radical (unpaired) electrons. The number of allylic oxidation sites excluding steroid dienone is 4. The van der Waals surface area contributed by atoms with Gasteiger partial charge < -0.3 is 34.8 Å². The predicted octanol–water partition coefficient (Wildman–Crippen LogP) is 8.15. The number of carbonyl (C=O) groups is 3. The van der Waals surface area contributed by atoms with Crippen LogP contribution in [0.2, 0.25) is 0 Å². The minimum absolute atomic E-state index is 0.0217. The van der Waals surface area contributed by atoms with Crippen molar-refractivity contribution in [3.63, 3.8) is 0 Å². The molecule has 1 aliphatic carbocycles. The van der Waals surface area contributed by atoms with Gasteiger partial charge in [0.1, 0.15) is 18.5 Å². The fourth-order valence-corrected chi connectivity index (χ4v) is 7.49. The maximum absolute atomic E-state index is 12.7. The Bertz CT molecular complexity index is 1220. The molecule has 0 saturated heterocycles. The molecule has 1 aliphatic rings. The zero-order valence-corrected chi connectivity index (χ0v) is 36.4. The van der Waals surface area contributed by atoms with E-state index in [1.807, 2.05) is 0 Å². The highest BCUT2D eigenvalue weighted by Gasteiger charge is 2.39. The number of rotatable bonds is 37. The number of esters is 2. The maximum Gasteiger partial charge on any atom is 0.472 e. The maximum atomic E-state index is 12.7. The van der Waals surface area contributed by atoms with Crippen LogP contribution in [0.5, 0.6) is 0 Å². The monoisotopic (exact) mass is 845 g/mol. The molecule has 1 rings (SSSR count). The van der Waals surface area contributed by atoms with Gasteiger partial charge in [-0.25, -0.2) is 4.57 Å². The number of aliphatic hydroxyl groups excluding tert-OH is 4. The fourth-order valence-electron chi connectivity index (χ4n) is 6.70. The van der Waals surface area contributed by atoms with Crippen molar-refractivity contribution in [3.05, 3.63) is 36.5 Å². The molecule has 0 heterocycles. The zero-order chi connectivity index (χ0) is 42.9. The Morgan fingerprint density at radius 1 is 0.776 bits per heavy atom. The fraction of sp³-hybridized carbons (Fsp3) is 0.795. The highest BCUT2D eigenvalue weighted by atomic mass is 31.2. The van der Waals surface area contributed by atoms with Gasteiger partial charge in [0.25, 0.3) is 0 Å². The van der Waals surface area contributed by atoms with Gasteiger partial charge in [-0.05, 0) is 51.4 Å². The SMILES string of the molecule is CCCCCC/C=C\C=C/CCCCCCCC(=O)OC[C@H](COP(=O)(O)OC[C@@H](O)CO)OC(=O)CCCCCC[C@H]1C(=O)C[C@@H](O)[C@@H]1/C=C/[C@@H](O)CCCCC. The van der Waals surface area contributed by atoms with E-state index >= 15 is 0 Å². The topological polar surface area (TPSA) is 206 Å². The summed E-state index contributed by atoms with van der Waals surface area (Å²) < 4.78 is 32.7. The van der Waals surface area contributed by atoms with Gasteiger partial charge in [-0.3, -0.25) is 23.4 Å². The molecule has 0 amide bonds. The lowest BCUT2D eigenvalue weighted by molar-refractivity contribution is -0.161. The molecule has 0 bridgehead atoms. The molecule has 14 heteroatoms. The van der Waals surface area contributed by atoms with E-state index in [2.05, 4.69) is 42.7 Å². The van der Waals surface area contributed by atoms with Crippen molar-refractivity contribution in [1.82, 2.24) is 0 Å². The zero-order valence-electron chi connectivity index (χ0n) is 35.5. The third kappa shape index (κ3) is 28.3. The van der Waals surface area contributed by atoms with E-state index < -0.39 is 70.6 Å². The molecule has 5 N–H and O–H groups in total. The first-order valence-electron chi connectivity index (χ1n) is 22.1. The number of unbranched alkanes of at least 4 members (excludes halogenated alkanes) is 14. The van der Waals surface area contributed by atoms with Crippen LogP contribution in [-0.2, 0) is 37.5 Å². The van der Waals surface area contributed by atoms with Gasteiger partial charge in [-0.1, -0.05) is 127 Å². The number of phosphoric ester groups is 1. The number of Topliss-reactive ketones (excluding diaryl/α,β-unsaturated/α-hetero) is 1. The van der Waals surface area contributed by atoms with Gasteiger partial charge in [-0.2, -0.15) is 0 Å². The summed E-state index contributed by atoms with van der Waals surface area (Å²) in [6, 6.07) is 0. The van der Waals surface area contributed by atoms with E-state index in [0.29, 0.717) is 32.1 Å². The van der Waals surface area contributed by atoms with Crippen molar-refractivity contribution in [1.29, 1.82) is 0 Å². The molecule has 1 fully saturated rings. The number of carbonyl (C=O) groups excluding carboxylic acids is 3. The Morgan fingerprint density at radius 3 is 2.00 bits per heavy atom. The van der Waals surface area contributed by atoms with E-state index in [4.69, 9.17) is 19.1 Å². The van der Waals surface area contributed by atoms with Crippen LogP contribution in [0.3, 0.4) is 0 Å². The second kappa shape index (κ2) is 34.5. The van der Waals surface area contributed by atoms with Crippen LogP contribution in [0.25, 0.3) is 0 Å². The molecule has 13 nitrogen and oxygen atoms in total. The van der Waals surface area contributed by atoms with Crippen LogP contribution in [-0.4, -0.2) is 93.9 Å². The predicted molar refractivity (Wildman–Crippen MR) is 225 cm³/mol. The molecular formula is C44H77O13P. The molecule has 0 aliphatic heterocycles. The lowest BCUT2D eigenvalue weighted by atomic mass is 9.88. The standard InChI is InChI=1S/C44H77O13P/c1-3-5-7-8-9-10-11-12-13-14-15-16-17-18-23-27-43(50)54-34-38(35-56-58(52,53)55-33-37(47)32-45)57-44(51)28-24-20-19-22-26-39-40(42(49)31-41(39)48)30-29-36(46)25-21-6-4-2/h10-13,29-30,36-40,42,45-47,49H,3-9,14-28,31-35H2,1-2H3,(H,52,53)/b11-10-,13-12-,30-29+/t36-,37-,38+,39+,40+,42+/m0/s1. The van der Waals surface area contributed by atoms with E-state index in [-0.39, 0.29) is 36.9 Å². The summed E-state index contributed by atoms with van der Waals surface area (Å²) in [5.74, 6) is -1.71. The molecule has 0 aromatic rings. The van der Waals surface area contributed by atoms with Crippen LogP contribution < -0.4 is 0 Å². The number of ketones is 1. The summed E-state index contributed by atoms with van der Waals surface area (Å²) in [5.41, 5.74) is 0. The lowest BCUT2D eigenvalue weighted by Gasteiger charge is -2.20. The first-order valence-corrected chi connectivity index (χ1v) is 23.6. The van der Waals surface area contributed by atoms with Gasteiger partial charge in [-0.15, -0.1) is 0 Å². The summed E-state index contributed by atoms with van der Waals surface area (Å²) in [4.78, 5) is 47.8. The van der Waals surface area contributed by atoms with Crippen LogP contribution in [0, 0.1) is 11.8 Å². The summed E-state index contributed by atoms with van der Waals surface area (Å²) in [7, 11) is -4.69. The Kier molecular flexibility index (Phi) is 32.0. The Hall–Kier alpha value is -2.22. The number of hydrogen-bond donors (Lipinski definition) is 5. The van der Waals surface area contributed by atoms with Crippen molar-refractivity contribution in [2.75, 3.05) is 26.4 Å². The van der Waals surface area contributed by atoms with Gasteiger partial charge in [0.05, 0.1) is 32.0 Å². The lowest BCUT2D eigenvalue weighted by Crippen LogP contribution is -2.29. The first-order chi connectivity index (χ1) is 27.9. The van der Waals surface area contributed by atoms with Crippen molar-refractivity contribution >= 4 is 25.5 Å². The molecular weight excluding hydrogens is 767 g/mol. The second-order valence-corrected chi connectivity index (χ2v) is 17.0. The molecule has 1 unspecified atom stereocenters. The quantitative estimate of drug-likeness (QED) is 0.0132. The van der Waals surface area contributed by atoms with Crippen molar-refractivity contribution in [2.45, 2.75) is 186 Å². The van der Waals surface area contributed by atoms with Crippen molar-refractivity contribution in [3.8, 4) is 0 Å². The first kappa shape index (κ1) is 53.8. The van der Waals surface area contributed by atoms with E-state index in [9.17, 15) is 39.2 Å². The normalized spacial score (nSPS) is 19.9. The van der Waals surface area contributed by atoms with E-state index in [1.54, 1.807) is 12.2 Å². The minimum atomic E-state index is -4.69. The largest absolute Gasteiger partial charge is 0.472 e. The average molecular weight is 845 g/mol. The van der Waals surface area contributed by atoms with Gasteiger partial charge in [0, 0.05) is 31.1 Å². The van der Waals surface area contributed by atoms with Crippen LogP contribution in [0.4, 0.5) is 0 Å². The van der Waals surface area contributed by atoms with Gasteiger partial charge in [0.2, 0.25) is 0 Å². The Balaban J connectivity index is 2.46. The molecule has 0 aromatic heterocycles. The number of ether oxygens (including phenoxy) is 2. The van der Waals surface area contributed by atoms with Gasteiger partial charge >= 0.3 is 19.8 Å². The highest BCUT2D eigenvalue weighted by molar-refractivity contribution is 7.47. The third-order valence-corrected chi connectivity index (χ3v) is 11.1. The van der Waals surface area contributed by atoms with E-state index in [1.165, 1.54) is 25.7 Å². The smallest absolute Gasteiger partial charge is 0.462 e. The van der Waals surface area contributed by atoms with Crippen molar-refractivity contribution in [2.24, 2.45) is 11.8 Å². The van der Waals surface area contributed by atoms with Crippen LogP contribution >= 0.6 is 7.82 Å². The summed E-state index contributed by atoms with van der Waals surface area (Å²) in [5, 5.41) is 39.1. The number of phosphoric acid groups is 1. The van der Waals surface area contributed by atoms with Gasteiger partial charge in [0.15, 0.2) is 6.10 Å². The van der Waals surface area contributed by atoms with Crippen LogP contribution in [0.15, 0.2) is 36.5 Å². The molecule has 7 atom stereocenters. The number of aliphatic hydroxyl groups is 4. The third-order valence-electron chi connectivity index (χ3n) is 10.2. The number of hydrogen-bond acceptors (Lipinski definition) is 12. The average Bonchev–Trinajstić information content (AvgIpc) is 3.47. The summed E-state index contributed by atoms with van der Waals surface area (Å²) in [6.07, 6.45) is 27.2. The summed E-state index contributed by atoms with van der Waals surface area (Å²) in [6.45, 7) is 1.96. The molecule has 58 heavy (non-hydrogen) atoms. The molecule has 336 valence electrons. The molecule has 0 spiro atoms. The molecule has 0 aromatic carbocycles. The Morgan fingerprint density at radius 2 is 1.34 bits per heavy atom.